The summed E-state index contributed by atoms with van der Waals surface area (Å²) in [7, 11) is 1.97. The van der Waals surface area contributed by atoms with E-state index in [4.69, 9.17) is 4.74 Å². The molecular weight excluding hydrogens is 482 g/mol. The van der Waals surface area contributed by atoms with E-state index in [0.717, 1.165) is 31.5 Å². The van der Waals surface area contributed by atoms with Crippen LogP contribution in [0, 0.1) is 0 Å². The predicted octanol–water partition coefficient (Wildman–Crippen LogP) is 6.13. The Morgan fingerprint density at radius 1 is 1.19 bits per heavy atom. The molecule has 0 saturated carbocycles. The van der Waals surface area contributed by atoms with E-state index in [1.807, 2.05) is 13.1 Å². The van der Waals surface area contributed by atoms with Crippen molar-refractivity contribution in [2.75, 3.05) is 13.7 Å². The first-order chi connectivity index (χ1) is 10.1. The number of nitrogens with one attached hydrogen (secondary N) is 1. The van der Waals surface area contributed by atoms with Gasteiger partial charge < -0.3 is 10.1 Å². The molecule has 1 atom stereocenters. The second-order valence-corrected chi connectivity index (χ2v) is 8.64. The lowest BCUT2D eigenvalue weighted by Crippen LogP contribution is -2.16. The summed E-state index contributed by atoms with van der Waals surface area (Å²) < 4.78 is 8.89. The molecule has 1 aromatic carbocycles. The maximum Gasteiger partial charge on any atom is 0.133 e. The van der Waals surface area contributed by atoms with Crippen LogP contribution in [0.4, 0.5) is 0 Å². The molecule has 0 aliphatic rings. The fraction of sp³-hybridized carbons (Fsp3) is 0.333. The van der Waals surface area contributed by atoms with Gasteiger partial charge in [-0.25, -0.2) is 0 Å². The van der Waals surface area contributed by atoms with Crippen LogP contribution in [-0.2, 0) is 0 Å². The zero-order chi connectivity index (χ0) is 15.4. The summed E-state index contributed by atoms with van der Waals surface area (Å²) in [5, 5.41) is 3.37. The van der Waals surface area contributed by atoms with E-state index in [1.54, 1.807) is 11.3 Å². The number of thiophene rings is 1. The van der Waals surface area contributed by atoms with Gasteiger partial charge in [0.2, 0.25) is 0 Å². The third kappa shape index (κ3) is 4.32. The van der Waals surface area contributed by atoms with Crippen LogP contribution in [0.25, 0.3) is 0 Å². The molecule has 1 heterocycles. The number of halogens is 3. The normalized spacial score (nSPS) is 12.4. The zero-order valence-corrected chi connectivity index (χ0v) is 17.3. The topological polar surface area (TPSA) is 21.3 Å². The zero-order valence-electron chi connectivity index (χ0n) is 11.8. The number of rotatable bonds is 6. The summed E-state index contributed by atoms with van der Waals surface area (Å²) in [6, 6.07) is 8.56. The van der Waals surface area contributed by atoms with Crippen LogP contribution in [0.2, 0.25) is 0 Å². The third-order valence-corrected chi connectivity index (χ3v) is 6.93. The minimum absolute atomic E-state index is 0.161. The molecule has 2 aromatic rings. The van der Waals surface area contributed by atoms with Gasteiger partial charge in [-0.05, 0) is 85.0 Å². The summed E-state index contributed by atoms with van der Waals surface area (Å²) in [4.78, 5) is 1.25. The summed E-state index contributed by atoms with van der Waals surface area (Å²) in [6.07, 6.45) is 1.00. The smallest absolute Gasteiger partial charge is 0.133 e. The quantitative estimate of drug-likeness (QED) is 0.518. The number of benzene rings is 1. The van der Waals surface area contributed by atoms with Gasteiger partial charge in [0.1, 0.15) is 5.75 Å². The molecule has 0 amide bonds. The summed E-state index contributed by atoms with van der Waals surface area (Å²) >= 11 is 12.4. The van der Waals surface area contributed by atoms with Crippen molar-refractivity contribution in [3.05, 3.63) is 47.4 Å². The SMILES string of the molecule is CCCOc1ccc(C(NC)c2cc(Br)c(Br)s2)cc1Br. The van der Waals surface area contributed by atoms with Crippen LogP contribution in [0.1, 0.15) is 29.8 Å². The van der Waals surface area contributed by atoms with Crippen molar-refractivity contribution in [2.24, 2.45) is 0 Å². The highest BCUT2D eigenvalue weighted by molar-refractivity contribution is 9.13. The highest BCUT2D eigenvalue weighted by Crippen LogP contribution is 2.38. The average molecular weight is 498 g/mol. The molecule has 0 aliphatic carbocycles. The number of hydrogen-bond acceptors (Lipinski definition) is 3. The van der Waals surface area contributed by atoms with Crippen LogP contribution in [0.5, 0.6) is 5.75 Å². The second kappa shape index (κ2) is 8.11. The molecule has 0 radical (unpaired) electrons. The van der Waals surface area contributed by atoms with Crippen molar-refractivity contribution in [2.45, 2.75) is 19.4 Å². The van der Waals surface area contributed by atoms with Gasteiger partial charge >= 0.3 is 0 Å². The van der Waals surface area contributed by atoms with Crippen molar-refractivity contribution in [3.63, 3.8) is 0 Å². The van der Waals surface area contributed by atoms with Crippen molar-refractivity contribution < 1.29 is 4.74 Å². The summed E-state index contributed by atoms with van der Waals surface area (Å²) in [5.74, 6) is 0.893. The fourth-order valence-corrected chi connectivity index (χ4v) is 4.74. The highest BCUT2D eigenvalue weighted by Gasteiger charge is 2.17. The Morgan fingerprint density at radius 3 is 2.48 bits per heavy atom. The lowest BCUT2D eigenvalue weighted by molar-refractivity contribution is 0.315. The van der Waals surface area contributed by atoms with E-state index in [2.05, 4.69) is 78.2 Å². The van der Waals surface area contributed by atoms with E-state index < -0.39 is 0 Å². The van der Waals surface area contributed by atoms with Crippen LogP contribution in [0.3, 0.4) is 0 Å². The van der Waals surface area contributed by atoms with E-state index in [0.29, 0.717) is 0 Å². The standard InChI is InChI=1S/C15H16Br3NOS/c1-3-6-20-12-5-4-9(7-10(12)16)14(19-2)13-8-11(17)15(18)21-13/h4-5,7-8,14,19H,3,6H2,1-2H3. The summed E-state index contributed by atoms with van der Waals surface area (Å²) in [5.41, 5.74) is 1.20. The number of hydrogen-bond donors (Lipinski definition) is 1. The second-order valence-electron chi connectivity index (χ2n) is 4.53. The molecular formula is C15H16Br3NOS. The molecule has 2 nitrogen and oxygen atoms in total. The van der Waals surface area contributed by atoms with Crippen molar-refractivity contribution in [1.29, 1.82) is 0 Å². The van der Waals surface area contributed by atoms with Gasteiger partial charge in [-0.3, -0.25) is 0 Å². The van der Waals surface area contributed by atoms with Crippen molar-refractivity contribution in [3.8, 4) is 5.75 Å². The Morgan fingerprint density at radius 2 is 1.95 bits per heavy atom. The van der Waals surface area contributed by atoms with E-state index >= 15 is 0 Å². The van der Waals surface area contributed by atoms with Crippen LogP contribution < -0.4 is 10.1 Å². The van der Waals surface area contributed by atoms with Gasteiger partial charge in [0, 0.05) is 9.35 Å². The molecule has 2 rings (SSSR count). The first-order valence-corrected chi connectivity index (χ1v) is 9.80. The van der Waals surface area contributed by atoms with Gasteiger partial charge in [-0.1, -0.05) is 13.0 Å². The molecule has 1 unspecified atom stereocenters. The molecule has 114 valence electrons. The molecule has 6 heteroatoms. The van der Waals surface area contributed by atoms with Gasteiger partial charge in [0.15, 0.2) is 0 Å². The Balaban J connectivity index is 2.28. The molecule has 1 aromatic heterocycles. The predicted molar refractivity (Wildman–Crippen MR) is 101 cm³/mol. The van der Waals surface area contributed by atoms with Crippen LogP contribution in [0.15, 0.2) is 37.0 Å². The average Bonchev–Trinajstić information content (AvgIpc) is 2.78. The highest BCUT2D eigenvalue weighted by atomic mass is 79.9. The monoisotopic (exact) mass is 495 g/mol. The van der Waals surface area contributed by atoms with Crippen molar-refractivity contribution >= 4 is 59.1 Å². The lowest BCUT2D eigenvalue weighted by atomic mass is 10.1. The molecule has 0 fully saturated rings. The van der Waals surface area contributed by atoms with Gasteiger partial charge in [-0.15, -0.1) is 11.3 Å². The maximum absolute atomic E-state index is 5.70. The molecule has 0 bridgehead atoms. The van der Waals surface area contributed by atoms with Gasteiger partial charge in [0.05, 0.1) is 20.9 Å². The summed E-state index contributed by atoms with van der Waals surface area (Å²) in [6.45, 7) is 2.84. The first kappa shape index (κ1) is 17.5. The van der Waals surface area contributed by atoms with E-state index in [-0.39, 0.29) is 6.04 Å². The van der Waals surface area contributed by atoms with E-state index in [1.165, 1.54) is 10.4 Å². The lowest BCUT2D eigenvalue weighted by Gasteiger charge is -2.16. The van der Waals surface area contributed by atoms with Gasteiger partial charge in [-0.2, -0.15) is 0 Å². The van der Waals surface area contributed by atoms with Crippen LogP contribution >= 0.6 is 59.1 Å². The van der Waals surface area contributed by atoms with Gasteiger partial charge in [0.25, 0.3) is 0 Å². The minimum atomic E-state index is 0.161. The molecule has 0 aliphatic heterocycles. The third-order valence-electron chi connectivity index (χ3n) is 2.99. The Bertz CT molecular complexity index is 595. The fourth-order valence-electron chi connectivity index (χ4n) is 2.00. The Hall–Kier alpha value is 0.120. The van der Waals surface area contributed by atoms with E-state index in [9.17, 15) is 0 Å². The number of ether oxygens (including phenoxy) is 1. The largest absolute Gasteiger partial charge is 0.492 e. The molecule has 0 spiro atoms. The Labute approximate surface area is 154 Å². The maximum atomic E-state index is 5.70. The van der Waals surface area contributed by atoms with Crippen molar-refractivity contribution in [1.82, 2.24) is 5.32 Å². The minimum Gasteiger partial charge on any atom is -0.492 e. The molecule has 0 saturated heterocycles. The Kier molecular flexibility index (Phi) is 6.75. The molecule has 21 heavy (non-hydrogen) atoms. The first-order valence-electron chi connectivity index (χ1n) is 6.61. The van der Waals surface area contributed by atoms with Crippen LogP contribution in [-0.4, -0.2) is 13.7 Å². The molecule has 1 N–H and O–H groups in total.